The number of carbonyl (C=O) groups excluding carboxylic acids is 3. The summed E-state index contributed by atoms with van der Waals surface area (Å²) in [7, 11) is 0. The number of guanidine groups is 1. The van der Waals surface area contributed by atoms with Crippen LogP contribution in [-0.4, -0.2) is 75.6 Å². The van der Waals surface area contributed by atoms with Gasteiger partial charge in [-0.05, 0) is 48.1 Å². The number of carbonyl (C=O) groups is 4. The van der Waals surface area contributed by atoms with Crippen molar-refractivity contribution in [1.29, 1.82) is 0 Å². The van der Waals surface area contributed by atoms with Gasteiger partial charge in [0.2, 0.25) is 17.7 Å². The van der Waals surface area contributed by atoms with Crippen LogP contribution in [0.2, 0.25) is 0 Å². The lowest BCUT2D eigenvalue weighted by Crippen LogP contribution is -2.58. The van der Waals surface area contributed by atoms with Gasteiger partial charge >= 0.3 is 5.97 Å². The molecule has 1 heterocycles. The van der Waals surface area contributed by atoms with Crippen LogP contribution in [-0.2, 0) is 32.0 Å². The number of carboxylic acid groups (broad SMARTS) is 1. The molecule has 5 atom stereocenters. The monoisotopic (exact) mass is 636 g/mol. The SMILES string of the molecule is CCC(C)C(N)C(=O)NC(CCCN=C(N)N)C(=O)NC(Cc1c[nH]c2ccccc12)C(=O)NC(Cc1ccc(O)cc1)C(=O)O. The number of fused-ring (bicyclic) bond motifs is 1. The van der Waals surface area contributed by atoms with Crippen molar-refractivity contribution in [3.8, 4) is 5.75 Å². The van der Waals surface area contributed by atoms with E-state index in [-0.39, 0.29) is 43.4 Å². The Labute approximate surface area is 267 Å². The van der Waals surface area contributed by atoms with Gasteiger partial charge in [-0.3, -0.25) is 19.4 Å². The summed E-state index contributed by atoms with van der Waals surface area (Å²) >= 11 is 0. The summed E-state index contributed by atoms with van der Waals surface area (Å²) in [6.45, 7) is 3.93. The third-order valence-corrected chi connectivity index (χ3v) is 7.86. The van der Waals surface area contributed by atoms with Crippen molar-refractivity contribution in [1.82, 2.24) is 20.9 Å². The van der Waals surface area contributed by atoms with Gasteiger partial charge < -0.3 is 48.3 Å². The highest BCUT2D eigenvalue weighted by Crippen LogP contribution is 2.20. The fourth-order valence-corrected chi connectivity index (χ4v) is 4.89. The number of carboxylic acids is 1. The van der Waals surface area contributed by atoms with E-state index in [1.54, 1.807) is 18.3 Å². The van der Waals surface area contributed by atoms with Crippen LogP contribution in [0.15, 0.2) is 59.7 Å². The molecule has 0 spiro atoms. The van der Waals surface area contributed by atoms with Crippen molar-refractivity contribution in [2.45, 2.75) is 70.1 Å². The van der Waals surface area contributed by atoms with E-state index in [4.69, 9.17) is 17.2 Å². The second kappa shape index (κ2) is 16.8. The first-order valence-corrected chi connectivity index (χ1v) is 15.2. The van der Waals surface area contributed by atoms with Gasteiger partial charge in [0.15, 0.2) is 5.96 Å². The molecule has 2 aromatic carbocycles. The highest BCUT2D eigenvalue weighted by atomic mass is 16.4. The van der Waals surface area contributed by atoms with Crippen LogP contribution in [0.3, 0.4) is 0 Å². The van der Waals surface area contributed by atoms with Gasteiger partial charge in [0.1, 0.15) is 23.9 Å². The maximum Gasteiger partial charge on any atom is 0.326 e. The summed E-state index contributed by atoms with van der Waals surface area (Å²) in [5.41, 5.74) is 19.1. The Morgan fingerprint density at radius 2 is 1.52 bits per heavy atom. The number of para-hydroxylation sites is 1. The number of nitrogens with one attached hydrogen (secondary N) is 4. The lowest BCUT2D eigenvalue weighted by atomic mass is 9.98. The van der Waals surface area contributed by atoms with Crippen LogP contribution in [0, 0.1) is 5.92 Å². The van der Waals surface area contributed by atoms with Crippen LogP contribution in [0.1, 0.15) is 44.2 Å². The van der Waals surface area contributed by atoms with E-state index in [0.29, 0.717) is 24.0 Å². The molecule has 0 fully saturated rings. The smallest absolute Gasteiger partial charge is 0.326 e. The molecule has 3 amide bonds. The number of hydrogen-bond donors (Lipinski definition) is 9. The van der Waals surface area contributed by atoms with E-state index in [1.165, 1.54) is 12.1 Å². The number of phenols is 1. The number of phenolic OH excluding ortho intramolecular Hbond substituents is 1. The maximum absolute atomic E-state index is 13.7. The fourth-order valence-electron chi connectivity index (χ4n) is 4.89. The first-order chi connectivity index (χ1) is 21.9. The molecule has 0 saturated carbocycles. The summed E-state index contributed by atoms with van der Waals surface area (Å²) in [6, 6.07) is 8.90. The lowest BCUT2D eigenvalue weighted by molar-refractivity contribution is -0.142. The number of nitrogens with zero attached hydrogens (tertiary/aromatic N) is 1. The molecule has 0 aliphatic heterocycles. The molecule has 0 bridgehead atoms. The Kier molecular flexibility index (Phi) is 12.9. The highest BCUT2D eigenvalue weighted by molar-refractivity contribution is 5.95. The van der Waals surface area contributed by atoms with Crippen molar-refractivity contribution in [2.24, 2.45) is 28.1 Å². The summed E-state index contributed by atoms with van der Waals surface area (Å²) in [5.74, 6) is -3.42. The minimum Gasteiger partial charge on any atom is -0.508 e. The standard InChI is InChI=1S/C32H44N8O6/c1-3-18(2)27(33)30(44)38-24(9-6-14-36-32(34)35)28(42)39-25(16-20-17-37-23-8-5-4-7-22(20)23)29(43)40-26(31(45)46)15-19-10-12-21(41)13-11-19/h4-5,7-8,10-13,17-18,24-27,37,41H,3,6,9,14-16,33H2,1-2H3,(H,38,44)(H,39,42)(H,40,43)(H,45,46)(H4,34,35,36). The molecule has 248 valence electrons. The quantitative estimate of drug-likeness (QED) is 0.0571. The van der Waals surface area contributed by atoms with Crippen LogP contribution in [0.25, 0.3) is 10.9 Å². The van der Waals surface area contributed by atoms with Gasteiger partial charge in [0.25, 0.3) is 0 Å². The van der Waals surface area contributed by atoms with Crippen molar-refractivity contribution in [3.05, 3.63) is 65.9 Å². The van der Waals surface area contributed by atoms with Crippen LogP contribution in [0.4, 0.5) is 0 Å². The van der Waals surface area contributed by atoms with E-state index in [9.17, 15) is 29.4 Å². The second-order valence-electron chi connectivity index (χ2n) is 11.3. The van der Waals surface area contributed by atoms with Crippen molar-refractivity contribution >= 4 is 40.6 Å². The molecule has 14 nitrogen and oxygen atoms in total. The number of aliphatic carboxylic acids is 1. The molecule has 46 heavy (non-hydrogen) atoms. The van der Waals surface area contributed by atoms with Gasteiger partial charge in [-0.1, -0.05) is 50.6 Å². The fraction of sp³-hybridized carbons (Fsp3) is 0.406. The Balaban J connectivity index is 1.88. The topological polar surface area (TPSA) is 251 Å². The zero-order valence-electron chi connectivity index (χ0n) is 26.0. The number of amides is 3. The maximum atomic E-state index is 13.7. The van der Waals surface area contributed by atoms with Crippen LogP contribution >= 0.6 is 0 Å². The Bertz CT molecular complexity index is 1520. The molecule has 12 N–H and O–H groups in total. The van der Waals surface area contributed by atoms with Crippen LogP contribution < -0.4 is 33.2 Å². The summed E-state index contributed by atoms with van der Waals surface area (Å²) in [4.78, 5) is 59.7. The number of hydrogen-bond acceptors (Lipinski definition) is 7. The van der Waals surface area contributed by atoms with Crippen molar-refractivity contribution in [3.63, 3.8) is 0 Å². The molecule has 5 unspecified atom stereocenters. The number of aromatic hydroxyl groups is 1. The normalized spacial score (nSPS) is 14.3. The predicted molar refractivity (Wildman–Crippen MR) is 175 cm³/mol. The molecule has 3 aromatic rings. The minimum atomic E-state index is -1.33. The lowest BCUT2D eigenvalue weighted by Gasteiger charge is -2.26. The van der Waals surface area contributed by atoms with E-state index in [2.05, 4.69) is 25.9 Å². The molecule has 14 heteroatoms. The van der Waals surface area contributed by atoms with Crippen molar-refractivity contribution in [2.75, 3.05) is 6.54 Å². The molecular weight excluding hydrogens is 592 g/mol. The van der Waals surface area contributed by atoms with E-state index < -0.39 is 47.9 Å². The molecule has 0 saturated heterocycles. The highest BCUT2D eigenvalue weighted by Gasteiger charge is 2.31. The Morgan fingerprint density at radius 3 is 2.17 bits per heavy atom. The first kappa shape index (κ1) is 35.4. The molecule has 1 aromatic heterocycles. The van der Waals surface area contributed by atoms with Gasteiger partial charge in [-0.15, -0.1) is 0 Å². The summed E-state index contributed by atoms with van der Waals surface area (Å²) in [5, 5.41) is 28.3. The zero-order valence-corrected chi connectivity index (χ0v) is 26.0. The average molecular weight is 637 g/mol. The van der Waals surface area contributed by atoms with Crippen molar-refractivity contribution < 1.29 is 29.4 Å². The Hall–Kier alpha value is -5.11. The average Bonchev–Trinajstić information content (AvgIpc) is 3.44. The van der Waals surface area contributed by atoms with Gasteiger partial charge in [-0.25, -0.2) is 4.79 Å². The summed E-state index contributed by atoms with van der Waals surface area (Å²) in [6.07, 6.45) is 2.81. The molecule has 0 aliphatic carbocycles. The number of benzene rings is 2. The molecular formula is C32H44N8O6. The number of aliphatic imine (C=N–C) groups is 1. The van der Waals surface area contributed by atoms with E-state index >= 15 is 0 Å². The third-order valence-electron chi connectivity index (χ3n) is 7.86. The minimum absolute atomic E-state index is 0.0196. The zero-order chi connectivity index (χ0) is 33.8. The molecule has 0 aliphatic rings. The largest absolute Gasteiger partial charge is 0.508 e. The second-order valence-corrected chi connectivity index (χ2v) is 11.3. The van der Waals surface area contributed by atoms with E-state index in [0.717, 1.165) is 10.9 Å². The molecule has 0 radical (unpaired) electrons. The van der Waals surface area contributed by atoms with Gasteiger partial charge in [0, 0.05) is 36.5 Å². The van der Waals surface area contributed by atoms with Gasteiger partial charge in [-0.2, -0.15) is 0 Å². The number of H-pyrrole nitrogens is 1. The van der Waals surface area contributed by atoms with Gasteiger partial charge in [0.05, 0.1) is 6.04 Å². The number of nitrogens with two attached hydrogens (primary N) is 3. The number of aromatic nitrogens is 1. The number of rotatable bonds is 17. The third kappa shape index (κ3) is 10.2. The predicted octanol–water partition coefficient (Wildman–Crippen LogP) is 0.625. The summed E-state index contributed by atoms with van der Waals surface area (Å²) < 4.78 is 0. The first-order valence-electron chi connectivity index (χ1n) is 15.2. The number of aromatic amines is 1. The molecule has 3 rings (SSSR count). The van der Waals surface area contributed by atoms with Crippen LogP contribution in [0.5, 0.6) is 5.75 Å². The Morgan fingerprint density at radius 1 is 0.891 bits per heavy atom. The van der Waals surface area contributed by atoms with E-state index in [1.807, 2.05) is 38.1 Å².